The van der Waals surface area contributed by atoms with Crippen LogP contribution in [0.4, 0.5) is 4.79 Å². The molecule has 2 amide bonds. The number of urea groups is 1. The van der Waals surface area contributed by atoms with E-state index in [4.69, 9.17) is 10.2 Å². The molecule has 2 unspecified atom stereocenters. The van der Waals surface area contributed by atoms with Gasteiger partial charge < -0.3 is 15.5 Å². The number of hydrogen-bond donors (Lipinski definition) is 4. The van der Waals surface area contributed by atoms with Gasteiger partial charge in [-0.25, -0.2) is 14.6 Å². The molecule has 0 radical (unpaired) electrons. The van der Waals surface area contributed by atoms with Gasteiger partial charge in [0, 0.05) is 12.1 Å². The quantitative estimate of drug-likeness (QED) is 0.581. The molecule has 0 aliphatic carbocycles. The van der Waals surface area contributed by atoms with Gasteiger partial charge in [-0.2, -0.15) is 0 Å². The average Bonchev–Trinajstić information content (AvgIpc) is 2.32. The topological polar surface area (TPSA) is 119 Å². The summed E-state index contributed by atoms with van der Waals surface area (Å²) in [7, 11) is 0. The molecule has 0 bridgehead atoms. The summed E-state index contributed by atoms with van der Waals surface area (Å²) in [5.41, 5.74) is 2.60. The number of nitrogens with zero attached hydrogens (tertiary/aromatic N) is 1. The zero-order valence-electron chi connectivity index (χ0n) is 11.6. The highest BCUT2D eigenvalue weighted by atomic mass is 16.4. The first kappa shape index (κ1) is 16.2. The summed E-state index contributed by atoms with van der Waals surface area (Å²) in [6, 6.07) is -1.82. The van der Waals surface area contributed by atoms with Crippen LogP contribution in [0.5, 0.6) is 0 Å². The van der Waals surface area contributed by atoms with Crippen LogP contribution in [0, 0.1) is 0 Å². The fraction of sp³-hybridized carbons (Fsp3) is 0.750. The molecule has 0 aromatic heterocycles. The number of amides is 2. The number of carboxylic acids is 2. The number of carbonyl (C=O) groups is 3. The molecule has 0 aromatic rings. The first-order chi connectivity index (χ1) is 9.31. The average molecular weight is 287 g/mol. The van der Waals surface area contributed by atoms with Gasteiger partial charge in [0.1, 0.15) is 6.04 Å². The molecule has 8 heteroatoms. The van der Waals surface area contributed by atoms with Crippen molar-refractivity contribution in [2.45, 2.75) is 57.7 Å². The molecule has 114 valence electrons. The van der Waals surface area contributed by atoms with Crippen LogP contribution < -0.4 is 10.7 Å². The Morgan fingerprint density at radius 2 is 1.75 bits per heavy atom. The van der Waals surface area contributed by atoms with E-state index < -0.39 is 30.4 Å². The van der Waals surface area contributed by atoms with Crippen molar-refractivity contribution in [2.75, 3.05) is 0 Å². The van der Waals surface area contributed by atoms with E-state index in [2.05, 4.69) is 10.7 Å². The normalized spacial score (nSPS) is 24.7. The lowest BCUT2D eigenvalue weighted by atomic mass is 10.00. The second kappa shape index (κ2) is 7.09. The molecule has 1 fully saturated rings. The molecule has 0 aromatic carbocycles. The smallest absolute Gasteiger partial charge is 0.330 e. The molecule has 1 aliphatic heterocycles. The molecule has 20 heavy (non-hydrogen) atoms. The van der Waals surface area contributed by atoms with Gasteiger partial charge >= 0.3 is 18.0 Å². The van der Waals surface area contributed by atoms with Crippen LogP contribution >= 0.6 is 0 Å². The third-order valence-electron chi connectivity index (χ3n) is 3.41. The molecule has 4 N–H and O–H groups in total. The molecular weight excluding hydrogens is 266 g/mol. The molecule has 1 heterocycles. The minimum Gasteiger partial charge on any atom is -0.481 e. The summed E-state index contributed by atoms with van der Waals surface area (Å²) in [5, 5.41) is 21.4. The number of rotatable bonds is 5. The van der Waals surface area contributed by atoms with Crippen molar-refractivity contribution in [3.8, 4) is 0 Å². The van der Waals surface area contributed by atoms with Crippen molar-refractivity contribution < 1.29 is 24.6 Å². The van der Waals surface area contributed by atoms with E-state index in [1.54, 1.807) is 5.01 Å². The summed E-state index contributed by atoms with van der Waals surface area (Å²) < 4.78 is 0. The van der Waals surface area contributed by atoms with Crippen molar-refractivity contribution >= 4 is 18.0 Å². The minimum absolute atomic E-state index is 0.159. The summed E-state index contributed by atoms with van der Waals surface area (Å²) in [4.78, 5) is 33.2. The molecule has 1 rings (SSSR count). The molecule has 0 spiro atoms. The van der Waals surface area contributed by atoms with Gasteiger partial charge in [-0.05, 0) is 26.7 Å². The lowest BCUT2D eigenvalue weighted by molar-refractivity contribution is -0.145. The number of hydrogen-bond acceptors (Lipinski definition) is 4. The first-order valence-electron chi connectivity index (χ1n) is 6.61. The van der Waals surface area contributed by atoms with Gasteiger partial charge in [0.2, 0.25) is 0 Å². The Labute approximate surface area is 117 Å². The van der Waals surface area contributed by atoms with Gasteiger partial charge in [0.25, 0.3) is 0 Å². The Kier molecular flexibility index (Phi) is 5.75. The van der Waals surface area contributed by atoms with E-state index in [-0.39, 0.29) is 12.1 Å². The zero-order valence-corrected chi connectivity index (χ0v) is 11.6. The van der Waals surface area contributed by atoms with Crippen LogP contribution in [0.15, 0.2) is 0 Å². The SMILES string of the molecule is CC1CCCC(C)N1NC(=O)N[C@@H](CC(=O)O)C(=O)O. The van der Waals surface area contributed by atoms with Crippen LogP contribution in [0.3, 0.4) is 0 Å². The predicted octanol–water partition coefficient (Wildman–Crippen LogP) is 0.391. The molecule has 1 saturated heterocycles. The van der Waals surface area contributed by atoms with Crippen molar-refractivity contribution in [1.29, 1.82) is 0 Å². The summed E-state index contributed by atoms with van der Waals surface area (Å²) in [5.74, 6) is -2.65. The maximum atomic E-state index is 11.8. The Hall–Kier alpha value is -1.83. The van der Waals surface area contributed by atoms with Crippen LogP contribution in [-0.4, -0.2) is 51.3 Å². The van der Waals surface area contributed by atoms with Crippen LogP contribution in [0.1, 0.15) is 39.5 Å². The Balaban J connectivity index is 2.56. The standard InChI is InChI=1S/C12H21N3O5/c1-7-4-3-5-8(2)15(7)14-12(20)13-9(11(18)19)6-10(16)17/h7-9H,3-6H2,1-2H3,(H,16,17)(H,18,19)(H2,13,14,20)/t7?,8?,9-/m0/s1. The van der Waals surface area contributed by atoms with Crippen LogP contribution in [0.2, 0.25) is 0 Å². The fourth-order valence-corrected chi connectivity index (χ4v) is 2.32. The van der Waals surface area contributed by atoms with Gasteiger partial charge in [0.15, 0.2) is 0 Å². The van der Waals surface area contributed by atoms with Gasteiger partial charge in [-0.3, -0.25) is 10.2 Å². The third-order valence-corrected chi connectivity index (χ3v) is 3.41. The highest BCUT2D eigenvalue weighted by Gasteiger charge is 2.28. The predicted molar refractivity (Wildman–Crippen MR) is 70.0 cm³/mol. The molecule has 1 aliphatic rings. The maximum Gasteiger partial charge on any atom is 0.330 e. The van der Waals surface area contributed by atoms with Crippen molar-refractivity contribution in [2.24, 2.45) is 0 Å². The first-order valence-corrected chi connectivity index (χ1v) is 6.61. The largest absolute Gasteiger partial charge is 0.481 e. The van der Waals surface area contributed by atoms with E-state index in [1.165, 1.54) is 0 Å². The van der Waals surface area contributed by atoms with Crippen LogP contribution in [0.25, 0.3) is 0 Å². The number of carboxylic acid groups (broad SMARTS) is 2. The minimum atomic E-state index is -1.44. The van der Waals surface area contributed by atoms with Crippen molar-refractivity contribution in [3.05, 3.63) is 0 Å². The highest BCUT2D eigenvalue weighted by Crippen LogP contribution is 2.19. The van der Waals surface area contributed by atoms with Crippen LogP contribution in [-0.2, 0) is 9.59 Å². The number of carbonyl (C=O) groups excluding carboxylic acids is 1. The molecule has 3 atom stereocenters. The number of piperidine rings is 1. The lowest BCUT2D eigenvalue weighted by Gasteiger charge is -2.38. The number of nitrogens with one attached hydrogen (secondary N) is 2. The number of hydrazine groups is 1. The number of aliphatic carboxylic acids is 2. The monoisotopic (exact) mass is 287 g/mol. The van der Waals surface area contributed by atoms with Gasteiger partial charge in [-0.1, -0.05) is 6.42 Å². The maximum absolute atomic E-state index is 11.8. The van der Waals surface area contributed by atoms with E-state index >= 15 is 0 Å². The van der Waals surface area contributed by atoms with E-state index in [1.807, 2.05) is 13.8 Å². The molecule has 8 nitrogen and oxygen atoms in total. The summed E-state index contributed by atoms with van der Waals surface area (Å²) in [6.07, 6.45) is 2.32. The van der Waals surface area contributed by atoms with E-state index in [9.17, 15) is 14.4 Å². The fourth-order valence-electron chi connectivity index (χ4n) is 2.32. The summed E-state index contributed by atoms with van der Waals surface area (Å²) in [6.45, 7) is 3.95. The summed E-state index contributed by atoms with van der Waals surface area (Å²) >= 11 is 0. The molecular formula is C12H21N3O5. The Morgan fingerprint density at radius 1 is 1.20 bits per heavy atom. The van der Waals surface area contributed by atoms with Gasteiger partial charge in [-0.15, -0.1) is 0 Å². The lowest BCUT2D eigenvalue weighted by Crippen LogP contribution is -2.58. The zero-order chi connectivity index (χ0) is 15.3. The van der Waals surface area contributed by atoms with Crippen molar-refractivity contribution in [3.63, 3.8) is 0 Å². The Morgan fingerprint density at radius 3 is 2.20 bits per heavy atom. The third kappa shape index (κ3) is 4.69. The second-order valence-electron chi connectivity index (χ2n) is 5.11. The van der Waals surface area contributed by atoms with Gasteiger partial charge in [0.05, 0.1) is 6.42 Å². The van der Waals surface area contributed by atoms with Crippen molar-refractivity contribution in [1.82, 2.24) is 15.8 Å². The highest BCUT2D eigenvalue weighted by molar-refractivity contribution is 5.85. The molecule has 0 saturated carbocycles. The second-order valence-corrected chi connectivity index (χ2v) is 5.11. The van der Waals surface area contributed by atoms with E-state index in [0.717, 1.165) is 19.3 Å². The Bertz CT molecular complexity index is 377. The van der Waals surface area contributed by atoms with E-state index in [0.29, 0.717) is 0 Å².